The van der Waals surface area contributed by atoms with Crippen LogP contribution in [0.15, 0.2) is 24.3 Å². The van der Waals surface area contributed by atoms with Crippen LogP contribution in [-0.2, 0) is 5.54 Å². The molecule has 0 aliphatic heterocycles. The lowest BCUT2D eigenvalue weighted by Gasteiger charge is -2.19. The van der Waals surface area contributed by atoms with Gasteiger partial charge in [-0.25, -0.2) is 4.68 Å². The number of nitrogens with zero attached hydrogens (tertiary/aromatic N) is 4. The summed E-state index contributed by atoms with van der Waals surface area (Å²) in [5.41, 5.74) is 2.26. The zero-order chi connectivity index (χ0) is 20.6. The number of hydrogen-bond donors (Lipinski definition) is 1. The number of amides is 2. The van der Waals surface area contributed by atoms with E-state index < -0.39 is 0 Å². The lowest BCUT2D eigenvalue weighted by atomic mass is 10.1. The number of aryl methyl sites for hydroxylation is 1. The molecule has 0 fully saturated rings. The van der Waals surface area contributed by atoms with Crippen molar-refractivity contribution in [3.63, 3.8) is 0 Å². The van der Waals surface area contributed by atoms with Crippen molar-refractivity contribution in [3.05, 3.63) is 41.1 Å². The Morgan fingerprint density at radius 1 is 1.21 bits per heavy atom. The number of nitrogens with one attached hydrogen (secondary N) is 1. The Balaban J connectivity index is 2.01. The van der Waals surface area contributed by atoms with Gasteiger partial charge in [0.15, 0.2) is 16.5 Å². The van der Waals surface area contributed by atoms with Crippen molar-refractivity contribution >= 4 is 38.6 Å². The Morgan fingerprint density at radius 3 is 2.43 bits per heavy atom. The van der Waals surface area contributed by atoms with Crippen molar-refractivity contribution in [2.45, 2.75) is 40.2 Å². The summed E-state index contributed by atoms with van der Waals surface area (Å²) in [5.74, 6) is -0.388. The quantitative estimate of drug-likeness (QED) is 0.721. The van der Waals surface area contributed by atoms with Crippen molar-refractivity contribution in [2.24, 2.45) is 0 Å². The van der Waals surface area contributed by atoms with Gasteiger partial charge in [-0.1, -0.05) is 29.0 Å². The molecule has 3 rings (SSSR count). The number of hydrogen-bond acceptors (Lipinski definition) is 5. The van der Waals surface area contributed by atoms with Crippen LogP contribution in [0.3, 0.4) is 0 Å². The third-order valence-electron chi connectivity index (χ3n) is 4.42. The molecule has 7 nitrogen and oxygen atoms in total. The molecule has 0 aliphatic carbocycles. The maximum absolute atomic E-state index is 12.8. The van der Waals surface area contributed by atoms with E-state index in [0.29, 0.717) is 33.3 Å². The van der Waals surface area contributed by atoms with Gasteiger partial charge >= 0.3 is 0 Å². The van der Waals surface area contributed by atoms with Gasteiger partial charge in [-0.3, -0.25) is 14.9 Å². The van der Waals surface area contributed by atoms with Crippen LogP contribution in [-0.4, -0.2) is 45.1 Å². The predicted molar refractivity (Wildman–Crippen MR) is 112 cm³/mol. The van der Waals surface area contributed by atoms with Gasteiger partial charge in [-0.2, -0.15) is 10.1 Å². The third kappa shape index (κ3) is 3.77. The van der Waals surface area contributed by atoms with Crippen LogP contribution in [0.4, 0.5) is 5.13 Å². The van der Waals surface area contributed by atoms with Gasteiger partial charge in [0.05, 0.1) is 5.54 Å². The van der Waals surface area contributed by atoms with E-state index in [1.165, 1.54) is 11.3 Å². The van der Waals surface area contributed by atoms with Crippen molar-refractivity contribution in [3.8, 4) is 0 Å². The monoisotopic (exact) mass is 399 g/mol. The van der Waals surface area contributed by atoms with Gasteiger partial charge in [0.1, 0.15) is 4.70 Å². The Morgan fingerprint density at radius 2 is 1.86 bits per heavy atom. The molecule has 148 valence electrons. The summed E-state index contributed by atoms with van der Waals surface area (Å²) in [6.07, 6.45) is 0. The minimum absolute atomic E-state index is 0.157. The van der Waals surface area contributed by atoms with Gasteiger partial charge in [-0.05, 0) is 46.8 Å². The van der Waals surface area contributed by atoms with Gasteiger partial charge in [0.25, 0.3) is 11.8 Å². The first-order valence-corrected chi connectivity index (χ1v) is 9.97. The molecule has 0 radical (unpaired) electrons. The fourth-order valence-corrected chi connectivity index (χ4v) is 3.58. The normalized spacial score (nSPS) is 11.6. The largest absolute Gasteiger partial charge is 0.341 e. The molecule has 0 saturated carbocycles. The molecule has 0 saturated heterocycles. The van der Waals surface area contributed by atoms with Gasteiger partial charge in [-0.15, -0.1) is 0 Å². The SMILES string of the molecule is CCN(C)C(=O)c1nn(C(C)(C)C)c2nc(NC(=O)c3ccc(C)cc3)sc12. The molecule has 8 heteroatoms. The second-order valence-electron chi connectivity index (χ2n) is 7.74. The molecule has 3 aromatic rings. The van der Waals surface area contributed by atoms with Crippen LogP contribution in [0.25, 0.3) is 10.3 Å². The average Bonchev–Trinajstić information content (AvgIpc) is 3.18. The first-order valence-electron chi connectivity index (χ1n) is 9.15. The molecule has 28 heavy (non-hydrogen) atoms. The van der Waals surface area contributed by atoms with E-state index in [9.17, 15) is 9.59 Å². The third-order valence-corrected chi connectivity index (χ3v) is 5.38. The van der Waals surface area contributed by atoms with E-state index in [-0.39, 0.29) is 17.4 Å². The summed E-state index contributed by atoms with van der Waals surface area (Å²) in [6.45, 7) is 10.5. The van der Waals surface area contributed by atoms with Crippen LogP contribution >= 0.6 is 11.3 Å². The zero-order valence-electron chi connectivity index (χ0n) is 17.0. The van der Waals surface area contributed by atoms with E-state index in [0.717, 1.165) is 5.56 Å². The van der Waals surface area contributed by atoms with E-state index in [2.05, 4.69) is 15.4 Å². The van der Waals surface area contributed by atoms with E-state index >= 15 is 0 Å². The number of rotatable bonds is 4. The van der Waals surface area contributed by atoms with Crippen molar-refractivity contribution in [1.29, 1.82) is 0 Å². The first-order chi connectivity index (χ1) is 13.1. The number of thiazole rings is 1. The Kier molecular flexibility index (Phi) is 5.25. The highest BCUT2D eigenvalue weighted by molar-refractivity contribution is 7.22. The van der Waals surface area contributed by atoms with Gasteiger partial charge in [0.2, 0.25) is 0 Å². The van der Waals surface area contributed by atoms with E-state index in [1.54, 1.807) is 28.8 Å². The molecule has 0 unspecified atom stereocenters. The van der Waals surface area contributed by atoms with E-state index in [4.69, 9.17) is 0 Å². The summed E-state index contributed by atoms with van der Waals surface area (Å²) in [7, 11) is 1.74. The summed E-state index contributed by atoms with van der Waals surface area (Å²) in [5, 5.41) is 7.83. The maximum Gasteiger partial charge on any atom is 0.275 e. The summed E-state index contributed by atoms with van der Waals surface area (Å²) < 4.78 is 2.43. The number of anilines is 1. The van der Waals surface area contributed by atoms with Gasteiger partial charge < -0.3 is 4.90 Å². The van der Waals surface area contributed by atoms with Crippen molar-refractivity contribution in [2.75, 3.05) is 18.9 Å². The standard InChI is InChI=1S/C20H25N5O2S/c1-7-24(6)18(27)14-15-16(25(23-14)20(3,4)5)21-19(28-15)22-17(26)13-10-8-12(2)9-11-13/h8-11H,7H2,1-6H3,(H,21,22,26). The molecular formula is C20H25N5O2S. The molecule has 0 spiro atoms. The van der Waals surface area contributed by atoms with Crippen LogP contribution in [0.5, 0.6) is 0 Å². The lowest BCUT2D eigenvalue weighted by Crippen LogP contribution is -2.28. The predicted octanol–water partition coefficient (Wildman–Crippen LogP) is 3.90. The second kappa shape index (κ2) is 7.35. The van der Waals surface area contributed by atoms with Crippen LogP contribution in [0.1, 0.15) is 54.1 Å². The Labute approximate surface area is 168 Å². The van der Waals surface area contributed by atoms with Gasteiger partial charge in [0, 0.05) is 19.2 Å². The highest BCUT2D eigenvalue weighted by atomic mass is 32.1. The summed E-state index contributed by atoms with van der Waals surface area (Å²) >= 11 is 1.27. The Bertz CT molecular complexity index is 1030. The molecule has 2 heterocycles. The average molecular weight is 400 g/mol. The topological polar surface area (TPSA) is 80.1 Å². The lowest BCUT2D eigenvalue weighted by molar-refractivity contribution is 0.0796. The molecule has 1 aromatic carbocycles. The zero-order valence-corrected chi connectivity index (χ0v) is 17.8. The molecule has 2 aromatic heterocycles. The van der Waals surface area contributed by atoms with Crippen LogP contribution in [0, 0.1) is 6.92 Å². The smallest absolute Gasteiger partial charge is 0.275 e. The fourth-order valence-electron chi connectivity index (χ4n) is 2.66. The number of carbonyl (C=O) groups excluding carboxylic acids is 2. The Hall–Kier alpha value is -2.74. The summed E-state index contributed by atoms with van der Waals surface area (Å²) in [6, 6.07) is 7.34. The minimum atomic E-state index is -0.353. The van der Waals surface area contributed by atoms with Crippen molar-refractivity contribution < 1.29 is 9.59 Å². The van der Waals surface area contributed by atoms with Crippen molar-refractivity contribution in [1.82, 2.24) is 19.7 Å². The number of fused-ring (bicyclic) bond motifs is 1. The van der Waals surface area contributed by atoms with Crippen LogP contribution < -0.4 is 5.32 Å². The highest BCUT2D eigenvalue weighted by Gasteiger charge is 2.28. The second-order valence-corrected chi connectivity index (χ2v) is 8.74. The maximum atomic E-state index is 12.8. The number of aromatic nitrogens is 3. The highest BCUT2D eigenvalue weighted by Crippen LogP contribution is 2.33. The molecule has 0 bridgehead atoms. The number of carbonyl (C=O) groups is 2. The molecule has 0 aliphatic rings. The van der Waals surface area contributed by atoms with E-state index in [1.807, 2.05) is 46.8 Å². The summed E-state index contributed by atoms with van der Waals surface area (Å²) in [4.78, 5) is 31.5. The molecule has 0 atom stereocenters. The molecular weight excluding hydrogens is 374 g/mol. The van der Waals surface area contributed by atoms with Crippen LogP contribution in [0.2, 0.25) is 0 Å². The molecule has 1 N–H and O–H groups in total. The first kappa shape index (κ1) is 20.0. The molecule has 2 amide bonds. The fraction of sp³-hybridized carbons (Fsp3) is 0.400. The number of benzene rings is 1. The minimum Gasteiger partial charge on any atom is -0.341 e.